The summed E-state index contributed by atoms with van der Waals surface area (Å²) in [6.07, 6.45) is 9.32. The van der Waals surface area contributed by atoms with E-state index in [2.05, 4.69) is 57.2 Å². The van der Waals surface area contributed by atoms with Crippen molar-refractivity contribution in [2.24, 2.45) is 17.3 Å². The van der Waals surface area contributed by atoms with Crippen LogP contribution in [0.3, 0.4) is 0 Å². The third-order valence-corrected chi connectivity index (χ3v) is 6.20. The van der Waals surface area contributed by atoms with Crippen molar-refractivity contribution in [3.05, 3.63) is 42.0 Å². The van der Waals surface area contributed by atoms with Crippen molar-refractivity contribution >= 4 is 0 Å². The minimum Gasteiger partial charge on any atom is -0.464 e. The summed E-state index contributed by atoms with van der Waals surface area (Å²) in [6, 6.07) is 8.57. The van der Waals surface area contributed by atoms with Crippen molar-refractivity contribution in [1.82, 2.24) is 0 Å². The van der Waals surface area contributed by atoms with E-state index in [1.165, 1.54) is 18.4 Å². The molecular formula is C21H30O2. The van der Waals surface area contributed by atoms with Crippen LogP contribution in [-0.2, 0) is 4.74 Å². The second-order valence-electron chi connectivity index (χ2n) is 7.34. The molecular weight excluding hydrogens is 284 g/mol. The molecule has 0 aromatic heterocycles. The Balaban J connectivity index is 1.76. The van der Waals surface area contributed by atoms with E-state index in [1.54, 1.807) is 7.11 Å². The number of hydrogen-bond acceptors (Lipinski definition) is 2. The van der Waals surface area contributed by atoms with Crippen LogP contribution in [0.1, 0.15) is 57.9 Å². The quantitative estimate of drug-likeness (QED) is 0.485. The molecule has 1 aromatic carbocycles. The van der Waals surface area contributed by atoms with Crippen molar-refractivity contribution in [2.45, 2.75) is 58.7 Å². The Hall–Kier alpha value is -1.28. The van der Waals surface area contributed by atoms with E-state index in [1.807, 2.05) is 0 Å². The van der Waals surface area contributed by atoms with Gasteiger partial charge in [-0.2, -0.15) is 0 Å². The third kappa shape index (κ3) is 2.94. The van der Waals surface area contributed by atoms with Gasteiger partial charge in [-0.05, 0) is 61.1 Å². The second-order valence-corrected chi connectivity index (χ2v) is 7.34. The molecule has 2 nitrogen and oxygen atoms in total. The summed E-state index contributed by atoms with van der Waals surface area (Å²) in [7, 11) is 1.78. The number of benzene rings is 1. The van der Waals surface area contributed by atoms with Crippen molar-refractivity contribution in [2.75, 3.05) is 7.11 Å². The first-order valence-electron chi connectivity index (χ1n) is 9.10. The first-order chi connectivity index (χ1) is 11.1. The molecule has 23 heavy (non-hydrogen) atoms. The van der Waals surface area contributed by atoms with E-state index in [9.17, 15) is 0 Å². The van der Waals surface area contributed by atoms with Gasteiger partial charge in [0.2, 0.25) is 6.29 Å². The topological polar surface area (TPSA) is 18.5 Å². The van der Waals surface area contributed by atoms with Crippen LogP contribution in [0.4, 0.5) is 0 Å². The molecule has 5 atom stereocenters. The monoisotopic (exact) mass is 314 g/mol. The summed E-state index contributed by atoms with van der Waals surface area (Å²) in [5.74, 6) is 2.83. The average Bonchev–Trinajstić information content (AvgIpc) is 3.21. The Kier molecular flexibility index (Phi) is 4.82. The molecule has 0 saturated heterocycles. The van der Waals surface area contributed by atoms with Gasteiger partial charge in [0.15, 0.2) is 0 Å². The normalized spacial score (nSPS) is 31.3. The van der Waals surface area contributed by atoms with Crippen LogP contribution in [0.2, 0.25) is 0 Å². The zero-order valence-corrected chi connectivity index (χ0v) is 14.9. The second kappa shape index (κ2) is 6.68. The SMILES string of the molecule is CCC(C)c1ccc(OC(OC)C2(CC)CC3C=CC2C3)cc1. The summed E-state index contributed by atoms with van der Waals surface area (Å²) in [6.45, 7) is 6.77. The number of fused-ring (bicyclic) bond motifs is 2. The van der Waals surface area contributed by atoms with Gasteiger partial charge in [0.25, 0.3) is 0 Å². The molecule has 0 N–H and O–H groups in total. The number of ether oxygens (including phenoxy) is 2. The molecule has 1 saturated carbocycles. The molecule has 2 bridgehead atoms. The Morgan fingerprint density at radius 3 is 2.39 bits per heavy atom. The lowest BCUT2D eigenvalue weighted by molar-refractivity contribution is -0.152. The Bertz CT molecular complexity index is 547. The van der Waals surface area contributed by atoms with E-state index < -0.39 is 0 Å². The molecule has 2 heteroatoms. The van der Waals surface area contributed by atoms with E-state index in [0.29, 0.717) is 17.8 Å². The molecule has 126 valence electrons. The number of allylic oxidation sites excluding steroid dienone is 2. The van der Waals surface area contributed by atoms with Crippen LogP contribution in [0, 0.1) is 17.3 Å². The van der Waals surface area contributed by atoms with Crippen LogP contribution in [0.25, 0.3) is 0 Å². The maximum Gasteiger partial charge on any atom is 0.205 e. The standard InChI is InChI=1S/C21H30O2/c1-5-15(3)17-8-11-19(12-9-17)23-20(22-4)21(6-2)14-16-7-10-18(21)13-16/h7-12,15-16,18,20H,5-6,13-14H2,1-4H3. The van der Waals surface area contributed by atoms with E-state index in [0.717, 1.165) is 18.6 Å². The zero-order valence-electron chi connectivity index (χ0n) is 14.9. The zero-order chi connectivity index (χ0) is 16.4. The first-order valence-corrected chi connectivity index (χ1v) is 9.10. The Morgan fingerprint density at radius 2 is 1.91 bits per heavy atom. The minimum absolute atomic E-state index is 0.129. The molecule has 2 aliphatic carbocycles. The molecule has 1 fully saturated rings. The number of hydrogen-bond donors (Lipinski definition) is 0. The fraction of sp³-hybridized carbons (Fsp3) is 0.619. The van der Waals surface area contributed by atoms with Gasteiger partial charge in [0, 0.05) is 12.5 Å². The summed E-state index contributed by atoms with van der Waals surface area (Å²) < 4.78 is 12.1. The fourth-order valence-electron chi connectivity index (χ4n) is 4.47. The van der Waals surface area contributed by atoms with Gasteiger partial charge in [-0.3, -0.25) is 0 Å². The maximum absolute atomic E-state index is 6.31. The van der Waals surface area contributed by atoms with Gasteiger partial charge in [-0.15, -0.1) is 0 Å². The molecule has 0 heterocycles. The van der Waals surface area contributed by atoms with E-state index in [-0.39, 0.29) is 11.7 Å². The summed E-state index contributed by atoms with van der Waals surface area (Å²) in [5, 5.41) is 0. The molecule has 5 unspecified atom stereocenters. The Labute approximate surface area is 140 Å². The lowest BCUT2D eigenvalue weighted by Crippen LogP contribution is -2.43. The fourth-order valence-corrected chi connectivity index (χ4v) is 4.47. The van der Waals surface area contributed by atoms with Crippen LogP contribution < -0.4 is 4.74 Å². The van der Waals surface area contributed by atoms with Crippen molar-refractivity contribution in [3.63, 3.8) is 0 Å². The molecule has 0 spiro atoms. The lowest BCUT2D eigenvalue weighted by atomic mass is 9.73. The van der Waals surface area contributed by atoms with E-state index >= 15 is 0 Å². The lowest BCUT2D eigenvalue weighted by Gasteiger charge is -2.40. The number of methoxy groups -OCH3 is 1. The van der Waals surface area contributed by atoms with Crippen LogP contribution in [0.15, 0.2) is 36.4 Å². The highest BCUT2D eigenvalue weighted by molar-refractivity contribution is 5.29. The van der Waals surface area contributed by atoms with Gasteiger partial charge >= 0.3 is 0 Å². The molecule has 0 aliphatic heterocycles. The maximum atomic E-state index is 6.31. The van der Waals surface area contributed by atoms with Gasteiger partial charge in [0.05, 0.1) is 0 Å². The van der Waals surface area contributed by atoms with E-state index in [4.69, 9.17) is 9.47 Å². The van der Waals surface area contributed by atoms with Crippen LogP contribution >= 0.6 is 0 Å². The predicted octanol–water partition coefficient (Wildman–Crippen LogP) is 5.54. The first kappa shape index (κ1) is 16.6. The van der Waals surface area contributed by atoms with Gasteiger partial charge < -0.3 is 9.47 Å². The van der Waals surface area contributed by atoms with Gasteiger partial charge in [-0.1, -0.05) is 45.1 Å². The summed E-state index contributed by atoms with van der Waals surface area (Å²) in [4.78, 5) is 0. The van der Waals surface area contributed by atoms with Gasteiger partial charge in [0.1, 0.15) is 5.75 Å². The average molecular weight is 314 g/mol. The van der Waals surface area contributed by atoms with Crippen molar-refractivity contribution in [3.8, 4) is 5.75 Å². The smallest absolute Gasteiger partial charge is 0.205 e. The summed E-state index contributed by atoms with van der Waals surface area (Å²) >= 11 is 0. The highest BCUT2D eigenvalue weighted by Crippen LogP contribution is 2.56. The van der Waals surface area contributed by atoms with Crippen LogP contribution in [0.5, 0.6) is 5.75 Å². The molecule has 2 aliphatic rings. The largest absolute Gasteiger partial charge is 0.464 e. The van der Waals surface area contributed by atoms with Crippen molar-refractivity contribution < 1.29 is 9.47 Å². The summed E-state index contributed by atoms with van der Waals surface area (Å²) in [5.41, 5.74) is 1.51. The highest BCUT2D eigenvalue weighted by atomic mass is 16.7. The van der Waals surface area contributed by atoms with Crippen molar-refractivity contribution in [1.29, 1.82) is 0 Å². The molecule has 0 amide bonds. The predicted molar refractivity (Wildman–Crippen MR) is 94.7 cm³/mol. The highest BCUT2D eigenvalue weighted by Gasteiger charge is 2.53. The molecule has 3 rings (SSSR count). The third-order valence-electron chi connectivity index (χ3n) is 6.20. The van der Waals surface area contributed by atoms with Crippen LogP contribution in [-0.4, -0.2) is 13.4 Å². The molecule has 0 radical (unpaired) electrons. The Morgan fingerprint density at radius 1 is 1.17 bits per heavy atom. The number of rotatable bonds is 7. The minimum atomic E-state index is -0.165. The molecule has 1 aromatic rings. The van der Waals surface area contributed by atoms with Gasteiger partial charge in [-0.25, -0.2) is 0 Å².